The highest BCUT2D eigenvalue weighted by atomic mass is 16.5. The Hall–Kier alpha value is -1.61. The number of rotatable bonds is 8. The molecule has 3 heteroatoms. The van der Waals surface area contributed by atoms with Crippen LogP contribution in [0.15, 0.2) is 30.3 Å². The van der Waals surface area contributed by atoms with Crippen molar-refractivity contribution in [2.24, 2.45) is 5.92 Å². The Balaban J connectivity index is 2.22. The quantitative estimate of drug-likeness (QED) is 0.791. The van der Waals surface area contributed by atoms with E-state index in [4.69, 9.17) is 9.72 Å². The number of para-hydroxylation sites is 1. The molecule has 1 heterocycles. The summed E-state index contributed by atoms with van der Waals surface area (Å²) in [6.07, 6.45) is 2.40. The van der Waals surface area contributed by atoms with E-state index in [1.165, 1.54) is 12.8 Å². The molecule has 1 aromatic carbocycles. The van der Waals surface area contributed by atoms with E-state index < -0.39 is 0 Å². The normalized spacial score (nSPS) is 12.5. The van der Waals surface area contributed by atoms with Crippen LogP contribution in [0.3, 0.4) is 0 Å². The fourth-order valence-corrected chi connectivity index (χ4v) is 2.47. The maximum atomic E-state index is 6.09. The molecular formula is C18H26N2O. The van der Waals surface area contributed by atoms with Crippen LogP contribution in [-0.4, -0.2) is 18.1 Å². The number of hydrogen-bond donors (Lipinski definition) is 1. The zero-order valence-electron chi connectivity index (χ0n) is 13.4. The van der Waals surface area contributed by atoms with Crippen LogP contribution in [0.1, 0.15) is 39.3 Å². The first-order valence-corrected chi connectivity index (χ1v) is 7.96. The number of pyridine rings is 1. The smallest absolute Gasteiger partial charge is 0.130 e. The number of hydrogen-bond acceptors (Lipinski definition) is 3. The van der Waals surface area contributed by atoms with Crippen LogP contribution in [0.4, 0.5) is 0 Å². The Bertz CT molecular complexity index is 568. The minimum Gasteiger partial charge on any atom is -0.493 e. The van der Waals surface area contributed by atoms with Crippen molar-refractivity contribution in [2.45, 2.75) is 40.2 Å². The van der Waals surface area contributed by atoms with Gasteiger partial charge in [-0.25, -0.2) is 0 Å². The summed E-state index contributed by atoms with van der Waals surface area (Å²) in [5.41, 5.74) is 2.04. The van der Waals surface area contributed by atoms with Crippen LogP contribution in [0.25, 0.3) is 10.9 Å². The topological polar surface area (TPSA) is 34.1 Å². The average molecular weight is 286 g/mol. The van der Waals surface area contributed by atoms with E-state index in [9.17, 15) is 0 Å². The van der Waals surface area contributed by atoms with E-state index in [0.717, 1.165) is 42.0 Å². The van der Waals surface area contributed by atoms with Crippen molar-refractivity contribution in [1.82, 2.24) is 10.3 Å². The van der Waals surface area contributed by atoms with Crippen LogP contribution in [0.2, 0.25) is 0 Å². The molecule has 0 spiro atoms. The lowest BCUT2D eigenvalue weighted by Crippen LogP contribution is -2.14. The second kappa shape index (κ2) is 7.99. The molecule has 3 nitrogen and oxygen atoms in total. The largest absolute Gasteiger partial charge is 0.493 e. The highest BCUT2D eigenvalue weighted by molar-refractivity contribution is 5.85. The lowest BCUT2D eigenvalue weighted by atomic mass is 10.1. The number of ether oxygens (including phenoxy) is 1. The second-order valence-electron chi connectivity index (χ2n) is 5.61. The highest BCUT2D eigenvalue weighted by Gasteiger charge is 2.08. The number of benzene rings is 1. The van der Waals surface area contributed by atoms with Crippen molar-refractivity contribution in [2.75, 3.05) is 13.2 Å². The Morgan fingerprint density at radius 3 is 2.81 bits per heavy atom. The van der Waals surface area contributed by atoms with Crippen LogP contribution < -0.4 is 10.1 Å². The predicted octanol–water partition coefficient (Wildman–Crippen LogP) is 4.16. The zero-order chi connectivity index (χ0) is 15.1. The lowest BCUT2D eigenvalue weighted by Gasteiger charge is -2.15. The summed E-state index contributed by atoms with van der Waals surface area (Å²) in [7, 11) is 0. The molecule has 0 radical (unpaired) electrons. The maximum Gasteiger partial charge on any atom is 0.130 e. The van der Waals surface area contributed by atoms with Gasteiger partial charge in [0.1, 0.15) is 5.75 Å². The van der Waals surface area contributed by atoms with Crippen molar-refractivity contribution in [3.05, 3.63) is 36.0 Å². The molecule has 2 aromatic rings. The summed E-state index contributed by atoms with van der Waals surface area (Å²) in [6.45, 7) is 9.05. The number of nitrogens with zero attached hydrogens (tertiary/aromatic N) is 1. The van der Waals surface area contributed by atoms with E-state index in [0.29, 0.717) is 5.92 Å². The maximum absolute atomic E-state index is 6.09. The summed E-state index contributed by atoms with van der Waals surface area (Å²) in [4.78, 5) is 4.69. The van der Waals surface area contributed by atoms with Crippen LogP contribution in [0, 0.1) is 5.92 Å². The molecule has 0 bridgehead atoms. The molecule has 0 saturated heterocycles. The first kappa shape index (κ1) is 15.8. The molecule has 0 fully saturated rings. The molecule has 0 aliphatic heterocycles. The molecule has 1 atom stereocenters. The molecule has 0 aliphatic carbocycles. The molecule has 0 aliphatic rings. The van der Waals surface area contributed by atoms with Gasteiger partial charge in [0.2, 0.25) is 0 Å². The first-order chi connectivity index (χ1) is 10.2. The number of fused-ring (bicyclic) bond motifs is 1. The van der Waals surface area contributed by atoms with Gasteiger partial charge < -0.3 is 10.1 Å². The van der Waals surface area contributed by atoms with Crippen molar-refractivity contribution >= 4 is 10.9 Å². The second-order valence-corrected chi connectivity index (χ2v) is 5.61. The molecule has 2 rings (SSSR count). The summed E-state index contributed by atoms with van der Waals surface area (Å²) in [5, 5.41) is 4.42. The lowest BCUT2D eigenvalue weighted by molar-refractivity contribution is 0.254. The van der Waals surface area contributed by atoms with Gasteiger partial charge >= 0.3 is 0 Å². The van der Waals surface area contributed by atoms with Crippen molar-refractivity contribution in [1.29, 1.82) is 0 Å². The Kier molecular flexibility index (Phi) is 6.00. The predicted molar refractivity (Wildman–Crippen MR) is 88.7 cm³/mol. The molecular weight excluding hydrogens is 260 g/mol. The highest BCUT2D eigenvalue weighted by Crippen LogP contribution is 2.26. The van der Waals surface area contributed by atoms with Gasteiger partial charge in [0.05, 0.1) is 17.8 Å². The summed E-state index contributed by atoms with van der Waals surface area (Å²) in [5.74, 6) is 1.54. The first-order valence-electron chi connectivity index (χ1n) is 7.96. The Labute approximate surface area is 127 Å². The Morgan fingerprint density at radius 1 is 1.24 bits per heavy atom. The van der Waals surface area contributed by atoms with Gasteiger partial charge in [-0.1, -0.05) is 39.3 Å². The molecule has 0 saturated carbocycles. The summed E-state index contributed by atoms with van der Waals surface area (Å²) < 4.78 is 6.09. The average Bonchev–Trinajstić information content (AvgIpc) is 2.51. The fraction of sp³-hybridized carbons (Fsp3) is 0.500. The molecule has 21 heavy (non-hydrogen) atoms. The minimum atomic E-state index is 0.583. The number of nitrogens with one attached hydrogen (secondary N) is 1. The SMILES string of the molecule is CCCC(C)COc1cc(CNCC)nc2ccccc12. The van der Waals surface area contributed by atoms with Gasteiger partial charge in [-0.05, 0) is 31.0 Å². The third kappa shape index (κ3) is 4.43. The van der Waals surface area contributed by atoms with E-state index in [2.05, 4.69) is 38.2 Å². The number of aromatic nitrogens is 1. The van der Waals surface area contributed by atoms with Gasteiger partial charge in [-0.2, -0.15) is 0 Å². The molecule has 1 unspecified atom stereocenters. The van der Waals surface area contributed by atoms with Crippen molar-refractivity contribution < 1.29 is 4.74 Å². The summed E-state index contributed by atoms with van der Waals surface area (Å²) in [6, 6.07) is 10.3. The van der Waals surface area contributed by atoms with Crippen LogP contribution in [0.5, 0.6) is 5.75 Å². The fourth-order valence-electron chi connectivity index (χ4n) is 2.47. The van der Waals surface area contributed by atoms with Crippen LogP contribution in [-0.2, 0) is 6.54 Å². The van der Waals surface area contributed by atoms with E-state index in [-0.39, 0.29) is 0 Å². The van der Waals surface area contributed by atoms with Gasteiger partial charge in [-0.3, -0.25) is 4.98 Å². The standard InChI is InChI=1S/C18H26N2O/c1-4-8-14(3)13-21-18-11-15(12-19-5-2)20-17-10-7-6-9-16(17)18/h6-7,9-11,14,19H,4-5,8,12-13H2,1-3H3. The Morgan fingerprint density at radius 2 is 2.05 bits per heavy atom. The third-order valence-electron chi connectivity index (χ3n) is 3.59. The molecule has 1 aromatic heterocycles. The van der Waals surface area contributed by atoms with Crippen LogP contribution >= 0.6 is 0 Å². The van der Waals surface area contributed by atoms with Crippen molar-refractivity contribution in [3.63, 3.8) is 0 Å². The van der Waals surface area contributed by atoms with E-state index >= 15 is 0 Å². The third-order valence-corrected chi connectivity index (χ3v) is 3.59. The summed E-state index contributed by atoms with van der Waals surface area (Å²) >= 11 is 0. The monoisotopic (exact) mass is 286 g/mol. The van der Waals surface area contributed by atoms with Gasteiger partial charge in [-0.15, -0.1) is 0 Å². The van der Waals surface area contributed by atoms with Gasteiger partial charge in [0.15, 0.2) is 0 Å². The molecule has 0 amide bonds. The zero-order valence-corrected chi connectivity index (χ0v) is 13.4. The van der Waals surface area contributed by atoms with Crippen molar-refractivity contribution in [3.8, 4) is 5.75 Å². The van der Waals surface area contributed by atoms with E-state index in [1.54, 1.807) is 0 Å². The van der Waals surface area contributed by atoms with E-state index in [1.807, 2.05) is 18.2 Å². The van der Waals surface area contributed by atoms with Gasteiger partial charge in [0, 0.05) is 18.0 Å². The molecule has 1 N–H and O–H groups in total. The minimum absolute atomic E-state index is 0.583. The molecule has 114 valence electrons. The van der Waals surface area contributed by atoms with Gasteiger partial charge in [0.25, 0.3) is 0 Å².